The van der Waals surface area contributed by atoms with Gasteiger partial charge in [0.05, 0.1) is 23.3 Å². The molecule has 1 aromatic carbocycles. The molecule has 2 aliphatic heterocycles. The van der Waals surface area contributed by atoms with E-state index in [9.17, 15) is 4.79 Å². The van der Waals surface area contributed by atoms with Gasteiger partial charge in [0.15, 0.2) is 5.82 Å². The number of thiol groups is 1. The maximum absolute atomic E-state index is 13.2. The molecule has 4 rings (SSSR count). The number of hydrogen-bond acceptors (Lipinski definition) is 8. The van der Waals surface area contributed by atoms with E-state index < -0.39 is 0 Å². The Bertz CT molecular complexity index is 1100. The average Bonchev–Trinajstić information content (AvgIpc) is 3.32. The molecule has 1 amide bonds. The fraction of sp³-hybridized carbons (Fsp3) is 0.417. The smallest absolute Gasteiger partial charge is 0.260 e. The lowest BCUT2D eigenvalue weighted by Gasteiger charge is -2.34. The van der Waals surface area contributed by atoms with Gasteiger partial charge in [0.25, 0.3) is 5.91 Å². The number of allylic oxidation sites excluding steroid dienone is 2. The highest BCUT2D eigenvalue weighted by Crippen LogP contribution is 2.28. The normalized spacial score (nSPS) is 21.6. The molecule has 1 atom stereocenters. The number of nitrogens with one attached hydrogen (secondary N) is 1. The maximum Gasteiger partial charge on any atom is 0.260 e. The number of aromatic nitrogens is 3. The van der Waals surface area contributed by atoms with Crippen molar-refractivity contribution in [3.63, 3.8) is 0 Å². The number of carbonyl (C=O) groups excluding carboxylic acids is 1. The molecule has 3 heterocycles. The minimum absolute atomic E-state index is 0.126. The topological polar surface area (TPSA) is 87.9 Å². The Morgan fingerprint density at radius 2 is 2.06 bits per heavy atom. The first-order valence-electron chi connectivity index (χ1n) is 11.4. The minimum atomic E-state index is -0.296. The number of ether oxygens (including phenoxy) is 1. The van der Waals surface area contributed by atoms with E-state index in [2.05, 4.69) is 43.9 Å². The quantitative estimate of drug-likeness (QED) is 0.642. The van der Waals surface area contributed by atoms with Crippen LogP contribution >= 0.6 is 12.6 Å². The molecule has 2 aromatic rings. The van der Waals surface area contributed by atoms with Crippen LogP contribution in [0.5, 0.6) is 5.75 Å². The highest BCUT2D eigenvalue weighted by molar-refractivity contribution is 7.80. The second-order valence-electron chi connectivity index (χ2n) is 8.44. The molecule has 0 radical (unpaired) electrons. The van der Waals surface area contributed by atoms with Crippen molar-refractivity contribution in [1.82, 2.24) is 25.0 Å². The van der Waals surface area contributed by atoms with Crippen molar-refractivity contribution in [1.29, 1.82) is 0 Å². The molecule has 1 saturated heterocycles. The largest absolute Gasteiger partial charge is 0.493 e. The summed E-state index contributed by atoms with van der Waals surface area (Å²) in [5, 5.41) is 11.0. The first-order valence-corrected chi connectivity index (χ1v) is 12.0. The lowest BCUT2D eigenvalue weighted by Crippen LogP contribution is -2.44. The van der Waals surface area contributed by atoms with Crippen LogP contribution in [0, 0.1) is 0 Å². The van der Waals surface area contributed by atoms with Crippen molar-refractivity contribution in [3.05, 3.63) is 60.5 Å². The maximum atomic E-state index is 13.2. The number of aliphatic imine (C=N–C) groups is 1. The second kappa shape index (κ2) is 10.9. The molecule has 0 spiro atoms. The van der Waals surface area contributed by atoms with Gasteiger partial charge in [0.1, 0.15) is 17.9 Å². The number of hydrogen-bond donors (Lipinski definition) is 2. The Hall–Kier alpha value is -3.11. The minimum Gasteiger partial charge on any atom is -0.493 e. The summed E-state index contributed by atoms with van der Waals surface area (Å²) in [5.41, 5.74) is 2.13. The third-order valence-electron chi connectivity index (χ3n) is 5.97. The lowest BCUT2D eigenvalue weighted by atomic mass is 10.1. The van der Waals surface area contributed by atoms with Crippen LogP contribution in [-0.4, -0.2) is 71.1 Å². The summed E-state index contributed by atoms with van der Waals surface area (Å²) in [4.78, 5) is 22.5. The number of likely N-dealkylation sites (N-methyl/N-ethyl adjacent to an activating group) is 1. The molecule has 180 valence electrons. The van der Waals surface area contributed by atoms with E-state index in [4.69, 9.17) is 17.4 Å². The van der Waals surface area contributed by atoms with Gasteiger partial charge in [-0.15, -0.1) is 10.2 Å². The van der Waals surface area contributed by atoms with Gasteiger partial charge in [-0.2, -0.15) is 12.6 Å². The van der Waals surface area contributed by atoms with E-state index in [1.807, 2.05) is 29.7 Å². The number of carbonyl (C=O) groups is 1. The van der Waals surface area contributed by atoms with Crippen molar-refractivity contribution >= 4 is 29.9 Å². The molecule has 0 saturated carbocycles. The summed E-state index contributed by atoms with van der Waals surface area (Å²) < 4.78 is 8.02. The van der Waals surface area contributed by atoms with Crippen LogP contribution in [-0.2, 0) is 0 Å². The zero-order valence-electron chi connectivity index (χ0n) is 19.6. The lowest BCUT2D eigenvalue weighted by molar-refractivity contribution is 0.0961. The molecule has 0 unspecified atom stereocenters. The Kier molecular flexibility index (Phi) is 7.69. The van der Waals surface area contributed by atoms with E-state index in [0.29, 0.717) is 35.3 Å². The number of benzene rings is 1. The van der Waals surface area contributed by atoms with Crippen molar-refractivity contribution in [2.24, 2.45) is 4.99 Å². The number of piperazine rings is 1. The van der Waals surface area contributed by atoms with Gasteiger partial charge >= 0.3 is 0 Å². The Balaban J connectivity index is 1.67. The predicted octanol–water partition coefficient (Wildman–Crippen LogP) is 2.90. The zero-order valence-corrected chi connectivity index (χ0v) is 20.5. The van der Waals surface area contributed by atoms with Gasteiger partial charge in [0, 0.05) is 37.9 Å². The molecule has 0 bridgehead atoms. The van der Waals surface area contributed by atoms with Crippen molar-refractivity contribution in [3.8, 4) is 5.75 Å². The van der Waals surface area contributed by atoms with E-state index >= 15 is 0 Å². The Morgan fingerprint density at radius 1 is 1.26 bits per heavy atom. The Morgan fingerprint density at radius 3 is 2.82 bits per heavy atom. The zero-order chi connectivity index (χ0) is 24.1. The highest BCUT2D eigenvalue weighted by Gasteiger charge is 2.21. The summed E-state index contributed by atoms with van der Waals surface area (Å²) in [7, 11) is 2.13. The van der Waals surface area contributed by atoms with Gasteiger partial charge in [-0.3, -0.25) is 4.79 Å². The molecule has 1 N–H and O–H groups in total. The number of rotatable bonds is 2. The van der Waals surface area contributed by atoms with Crippen LogP contribution in [0.15, 0.2) is 54.1 Å². The van der Waals surface area contributed by atoms with Crippen LogP contribution in [0.25, 0.3) is 0 Å². The first kappa shape index (κ1) is 24.0. The SMILES string of the molecule is C=C/C=C1\N=C(C)c2nncn2[C@@H](S)CCCOc2cc(N3CCN(C)CC3)ccc2C(=O)N1. The molecule has 10 heteroatoms. The standard InChI is InChI=1S/C24H31N7O2S/c1-4-6-21-26-17(2)23-28-25-16-31(23)22(34)7-5-14-33-20-15-18(8-9-19(20)24(32)27-21)30-12-10-29(3)11-13-30/h4,6,8-9,15-16,22,34H,1,5,7,10-14H2,2-3H3,(H,27,32)/b21-6+,26-17?/t22-/m0/s1. The highest BCUT2D eigenvalue weighted by atomic mass is 32.1. The number of amides is 1. The summed E-state index contributed by atoms with van der Waals surface area (Å²) in [5.74, 6) is 1.22. The predicted molar refractivity (Wildman–Crippen MR) is 137 cm³/mol. The molecule has 1 fully saturated rings. The molecule has 9 nitrogen and oxygen atoms in total. The van der Waals surface area contributed by atoms with Crippen LogP contribution in [0.4, 0.5) is 5.69 Å². The summed E-state index contributed by atoms with van der Waals surface area (Å²) in [6, 6.07) is 5.77. The molecule has 2 aliphatic rings. The molecule has 0 aliphatic carbocycles. The third kappa shape index (κ3) is 5.51. The van der Waals surface area contributed by atoms with E-state index in [0.717, 1.165) is 44.7 Å². The van der Waals surface area contributed by atoms with E-state index in [1.54, 1.807) is 18.5 Å². The van der Waals surface area contributed by atoms with Crippen molar-refractivity contribution in [2.45, 2.75) is 25.1 Å². The van der Waals surface area contributed by atoms with E-state index in [-0.39, 0.29) is 11.3 Å². The van der Waals surface area contributed by atoms with Gasteiger partial charge in [-0.1, -0.05) is 12.7 Å². The van der Waals surface area contributed by atoms with E-state index in [1.165, 1.54) is 0 Å². The molecule has 1 aromatic heterocycles. The van der Waals surface area contributed by atoms with Gasteiger partial charge in [0.2, 0.25) is 0 Å². The third-order valence-corrected chi connectivity index (χ3v) is 6.47. The first-order chi connectivity index (χ1) is 16.5. The average molecular weight is 482 g/mol. The van der Waals surface area contributed by atoms with Gasteiger partial charge in [-0.25, -0.2) is 4.99 Å². The van der Waals surface area contributed by atoms with Crippen LogP contribution in [0.2, 0.25) is 0 Å². The second-order valence-corrected chi connectivity index (χ2v) is 9.04. The summed E-state index contributed by atoms with van der Waals surface area (Å²) in [6.07, 6.45) is 6.37. The molecule has 34 heavy (non-hydrogen) atoms. The summed E-state index contributed by atoms with van der Waals surface area (Å²) in [6.45, 7) is 9.91. The molecular weight excluding hydrogens is 450 g/mol. The number of anilines is 1. The summed E-state index contributed by atoms with van der Waals surface area (Å²) >= 11 is 4.74. The fourth-order valence-electron chi connectivity index (χ4n) is 4.02. The molecular formula is C24H31N7O2S. The number of fused-ring (bicyclic) bond motifs is 2. The number of nitrogens with zero attached hydrogens (tertiary/aromatic N) is 6. The van der Waals surface area contributed by atoms with Crippen LogP contribution < -0.4 is 15.0 Å². The van der Waals surface area contributed by atoms with Crippen LogP contribution in [0.1, 0.15) is 41.3 Å². The van der Waals surface area contributed by atoms with Crippen LogP contribution in [0.3, 0.4) is 0 Å². The fourth-order valence-corrected chi connectivity index (χ4v) is 4.37. The van der Waals surface area contributed by atoms with Crippen molar-refractivity contribution < 1.29 is 9.53 Å². The van der Waals surface area contributed by atoms with Gasteiger partial charge < -0.3 is 24.4 Å². The monoisotopic (exact) mass is 481 g/mol. The Labute approximate surface area is 205 Å². The van der Waals surface area contributed by atoms with Gasteiger partial charge in [-0.05, 0) is 45.0 Å². The van der Waals surface area contributed by atoms with Crippen molar-refractivity contribution in [2.75, 3.05) is 44.7 Å².